The second kappa shape index (κ2) is 9.71. The van der Waals surface area contributed by atoms with Crippen molar-refractivity contribution in [2.24, 2.45) is 0 Å². The zero-order chi connectivity index (χ0) is 24.3. The van der Waals surface area contributed by atoms with Crippen LogP contribution in [0.5, 0.6) is 0 Å². The number of amides is 1. The van der Waals surface area contributed by atoms with Crippen molar-refractivity contribution < 1.29 is 32.4 Å². The van der Waals surface area contributed by atoms with E-state index in [-0.39, 0.29) is 31.7 Å². The number of carbonyl (C=O) groups is 1. The standard InChI is InChI=1S/C18H20F5N6O2S.H2/c1-10(14(24)18(21,22)23)13(15(25)29-7-2-4-17(19,20)5-8-29)16(30)28-11-3-6-27-12(9-11)32(26)31;/h3,6,9,24-26H,2,4-5,7-8H2,1H3,(H,27,28,30);1H/q-1;/b13-10+,24-14?,25-15?;. The number of aromatic nitrogens is 1. The molecule has 0 bridgehead atoms. The van der Waals surface area contributed by atoms with Crippen LogP contribution in [0.25, 0.3) is 0 Å². The summed E-state index contributed by atoms with van der Waals surface area (Å²) in [6.07, 6.45) is -5.11. The maximum absolute atomic E-state index is 13.7. The minimum atomic E-state index is -5.10. The third-order valence-electron chi connectivity index (χ3n) is 4.71. The molecule has 0 aliphatic carbocycles. The molecule has 2 heterocycles. The molecule has 0 unspecified atom stereocenters. The van der Waals surface area contributed by atoms with Crippen molar-refractivity contribution in [3.05, 3.63) is 29.5 Å². The topological polar surface area (TPSA) is 134 Å². The molecule has 1 aliphatic heterocycles. The van der Waals surface area contributed by atoms with Gasteiger partial charge in [-0.3, -0.25) is 20.6 Å². The van der Waals surface area contributed by atoms with E-state index in [0.717, 1.165) is 24.1 Å². The Bertz CT molecular complexity index is 1030. The summed E-state index contributed by atoms with van der Waals surface area (Å²) in [5, 5.41) is 17.7. The van der Waals surface area contributed by atoms with E-state index >= 15 is 0 Å². The molecule has 32 heavy (non-hydrogen) atoms. The molecular formula is C18H22F5N6O2S-. The average Bonchev–Trinajstić information content (AvgIpc) is 2.87. The number of carbonyl (C=O) groups excluding carboxylic acids is 1. The number of alkyl halides is 5. The first kappa shape index (κ1) is 25.4. The van der Waals surface area contributed by atoms with Gasteiger partial charge in [-0.05, 0) is 36.1 Å². The van der Waals surface area contributed by atoms with Crippen LogP contribution in [0.1, 0.15) is 27.6 Å². The molecule has 0 radical (unpaired) electrons. The molecule has 4 N–H and O–H groups in total. The highest BCUT2D eigenvalue weighted by Crippen LogP contribution is 2.29. The van der Waals surface area contributed by atoms with Gasteiger partial charge in [-0.15, -0.1) is 10.6 Å². The van der Waals surface area contributed by atoms with Gasteiger partial charge in [0.05, 0.1) is 5.57 Å². The summed E-state index contributed by atoms with van der Waals surface area (Å²) in [7, 11) is -2.24. The Morgan fingerprint density at radius 2 is 1.94 bits per heavy atom. The van der Waals surface area contributed by atoms with Crippen LogP contribution < -0.4 is 5.32 Å². The van der Waals surface area contributed by atoms with Crippen LogP contribution in [-0.4, -0.2) is 52.5 Å². The van der Waals surface area contributed by atoms with E-state index in [2.05, 4.69) is 10.3 Å². The molecule has 8 nitrogen and oxygen atoms in total. The van der Waals surface area contributed by atoms with Crippen molar-refractivity contribution in [2.45, 2.75) is 43.3 Å². The van der Waals surface area contributed by atoms with E-state index in [1.165, 1.54) is 6.07 Å². The van der Waals surface area contributed by atoms with Crippen LogP contribution in [0.15, 0.2) is 34.5 Å². The van der Waals surface area contributed by atoms with Gasteiger partial charge >= 0.3 is 6.18 Å². The number of hydrogen-bond donors (Lipinski definition) is 4. The van der Waals surface area contributed by atoms with Gasteiger partial charge in [-0.25, -0.2) is 8.78 Å². The van der Waals surface area contributed by atoms with Gasteiger partial charge in [0.2, 0.25) is 5.92 Å². The van der Waals surface area contributed by atoms with Crippen LogP contribution >= 0.6 is 0 Å². The number of nitrogens with zero attached hydrogens (tertiary/aromatic N) is 2. The molecule has 1 aliphatic rings. The molecular weight excluding hydrogens is 459 g/mol. The van der Waals surface area contributed by atoms with Crippen molar-refractivity contribution in [2.75, 3.05) is 18.4 Å². The lowest BCUT2D eigenvalue weighted by Gasteiger charge is -2.26. The van der Waals surface area contributed by atoms with E-state index in [1.807, 2.05) is 0 Å². The van der Waals surface area contributed by atoms with Crippen LogP contribution in [0, 0.1) is 15.6 Å². The fourth-order valence-electron chi connectivity index (χ4n) is 3.02. The molecule has 1 aromatic rings. The largest absolute Gasteiger partial charge is 0.439 e. The fraction of sp³-hybridized carbons (Fsp3) is 0.444. The molecule has 0 spiro atoms. The molecule has 14 heteroatoms. The Kier molecular flexibility index (Phi) is 7.70. The number of amidine groups is 1. The molecule has 0 aromatic carbocycles. The zero-order valence-electron chi connectivity index (χ0n) is 16.8. The van der Waals surface area contributed by atoms with Gasteiger partial charge < -0.3 is 19.2 Å². The Labute approximate surface area is 183 Å². The second-order valence-electron chi connectivity index (χ2n) is 7.02. The van der Waals surface area contributed by atoms with Gasteiger partial charge in [0.15, 0.2) is 0 Å². The normalized spacial score (nSPS) is 17.4. The maximum atomic E-state index is 13.7. The molecule has 178 valence electrons. The maximum Gasteiger partial charge on any atom is 0.432 e. The smallest absolute Gasteiger partial charge is 0.432 e. The van der Waals surface area contributed by atoms with Crippen LogP contribution in [0.2, 0.25) is 0 Å². The quantitative estimate of drug-likeness (QED) is 0.164. The minimum absolute atomic E-state index is 0. The summed E-state index contributed by atoms with van der Waals surface area (Å²) in [4.78, 5) is 17.6. The minimum Gasteiger partial charge on any atom is -0.439 e. The van der Waals surface area contributed by atoms with Gasteiger partial charge in [0, 0.05) is 39.2 Å². The van der Waals surface area contributed by atoms with Crippen LogP contribution in [-0.2, 0) is 19.6 Å². The first-order valence-corrected chi connectivity index (χ1v) is 10.4. The SMILES string of the molecule is C/C(C(=N)C(F)(F)F)=C(/C(=N)N1CCCC(F)(F)CC1)C(=O)Nc1ccnc([S-](=N)=O)c1.[HH]. The third-order valence-corrected chi connectivity index (χ3v) is 5.32. The van der Waals surface area contributed by atoms with E-state index in [4.69, 9.17) is 15.6 Å². The highest BCUT2D eigenvalue weighted by atomic mass is 32.2. The Morgan fingerprint density at radius 1 is 1.28 bits per heavy atom. The molecule has 1 saturated heterocycles. The van der Waals surface area contributed by atoms with Crippen molar-refractivity contribution in [1.29, 1.82) is 15.6 Å². The second-order valence-corrected chi connectivity index (χ2v) is 7.98. The number of allylic oxidation sites excluding steroid dienone is 1. The number of nitrogens with one attached hydrogen (secondary N) is 4. The predicted molar refractivity (Wildman–Crippen MR) is 109 cm³/mol. The summed E-state index contributed by atoms with van der Waals surface area (Å²) in [5.74, 6) is -4.90. The fourth-order valence-corrected chi connectivity index (χ4v) is 3.41. The van der Waals surface area contributed by atoms with Crippen molar-refractivity contribution in [1.82, 2.24) is 9.88 Å². The van der Waals surface area contributed by atoms with Crippen LogP contribution in [0.4, 0.5) is 27.6 Å². The molecule has 1 amide bonds. The molecule has 1 aromatic heterocycles. The number of anilines is 1. The van der Waals surface area contributed by atoms with Gasteiger partial charge in [-0.2, -0.15) is 13.2 Å². The van der Waals surface area contributed by atoms with Crippen molar-refractivity contribution >= 4 is 33.7 Å². The van der Waals surface area contributed by atoms with Crippen molar-refractivity contribution in [3.63, 3.8) is 0 Å². The molecule has 0 atom stereocenters. The van der Waals surface area contributed by atoms with E-state index < -0.39 is 64.1 Å². The van der Waals surface area contributed by atoms with Gasteiger partial charge in [-0.1, -0.05) is 0 Å². The number of pyridine rings is 1. The number of halogens is 5. The Balaban J connectivity index is 0.00000544. The van der Waals surface area contributed by atoms with E-state index in [0.29, 0.717) is 0 Å². The van der Waals surface area contributed by atoms with E-state index in [9.17, 15) is 31.0 Å². The first-order valence-electron chi connectivity index (χ1n) is 9.22. The molecule has 2 rings (SSSR count). The highest BCUT2D eigenvalue weighted by molar-refractivity contribution is 7.73. The third kappa shape index (κ3) is 6.31. The number of rotatable bonds is 5. The van der Waals surface area contributed by atoms with Gasteiger partial charge in [0.25, 0.3) is 5.91 Å². The highest BCUT2D eigenvalue weighted by Gasteiger charge is 2.39. The van der Waals surface area contributed by atoms with Gasteiger partial charge in [0.1, 0.15) is 11.5 Å². The predicted octanol–water partition coefficient (Wildman–Crippen LogP) is 4.35. The summed E-state index contributed by atoms with van der Waals surface area (Å²) < 4.78 is 85.2. The lowest BCUT2D eigenvalue weighted by atomic mass is 10.0. The zero-order valence-corrected chi connectivity index (χ0v) is 17.6. The summed E-state index contributed by atoms with van der Waals surface area (Å²) in [6, 6.07) is 2.30. The molecule has 1 fully saturated rings. The number of likely N-dealkylation sites (tertiary alicyclic amines) is 1. The average molecular weight is 481 g/mol. The Hall–Kier alpha value is -2.90. The lowest BCUT2D eigenvalue weighted by molar-refractivity contribution is -0.112. The summed E-state index contributed by atoms with van der Waals surface area (Å²) >= 11 is 0. The summed E-state index contributed by atoms with van der Waals surface area (Å²) in [5.41, 5.74) is -3.56. The molecule has 0 saturated carbocycles. The monoisotopic (exact) mass is 481 g/mol. The first-order chi connectivity index (χ1) is 14.7. The Morgan fingerprint density at radius 3 is 2.53 bits per heavy atom. The van der Waals surface area contributed by atoms with Crippen LogP contribution in [0.3, 0.4) is 0 Å². The summed E-state index contributed by atoms with van der Waals surface area (Å²) in [6.45, 7) is 0.421. The number of hydrogen-bond acceptors (Lipinski definition) is 7. The lowest BCUT2D eigenvalue weighted by Crippen LogP contribution is -2.39. The van der Waals surface area contributed by atoms with Crippen molar-refractivity contribution in [3.8, 4) is 0 Å². The van der Waals surface area contributed by atoms with E-state index in [1.54, 1.807) is 0 Å².